The number of aromatic nitrogens is 2. The van der Waals surface area contributed by atoms with Crippen LogP contribution in [-0.2, 0) is 11.3 Å². The third kappa shape index (κ3) is 4.74. The molecule has 0 radical (unpaired) electrons. The molecule has 1 aromatic rings. The molecule has 0 bridgehead atoms. The zero-order chi connectivity index (χ0) is 15.9. The summed E-state index contributed by atoms with van der Waals surface area (Å²) in [7, 11) is 0. The number of rotatable bonds is 5. The molecule has 126 valence electrons. The van der Waals surface area contributed by atoms with Crippen molar-refractivity contribution in [3.05, 3.63) is 24.3 Å². The Hall–Kier alpha value is -1.49. The Morgan fingerprint density at radius 1 is 1.09 bits per heavy atom. The first-order valence-corrected chi connectivity index (χ1v) is 9.07. The summed E-state index contributed by atoms with van der Waals surface area (Å²) in [6, 6.07) is 0.346. The van der Waals surface area contributed by atoms with Crippen LogP contribution in [0.15, 0.2) is 18.7 Å². The molecule has 1 amide bonds. The van der Waals surface area contributed by atoms with Gasteiger partial charge in [0.1, 0.15) is 6.33 Å². The third-order valence-electron chi connectivity index (χ3n) is 5.21. The van der Waals surface area contributed by atoms with E-state index in [0.29, 0.717) is 24.4 Å². The van der Waals surface area contributed by atoms with Crippen LogP contribution in [0.25, 0.3) is 0 Å². The second-order valence-corrected chi connectivity index (χ2v) is 6.96. The normalized spacial score (nSPS) is 22.7. The molecule has 1 saturated heterocycles. The van der Waals surface area contributed by atoms with Crippen molar-refractivity contribution in [1.29, 1.82) is 0 Å². The van der Waals surface area contributed by atoms with Crippen molar-refractivity contribution in [1.82, 2.24) is 20.2 Å². The number of hydrogen-bond donors (Lipinski definition) is 1. The van der Waals surface area contributed by atoms with Crippen LogP contribution in [0.3, 0.4) is 0 Å². The fraction of sp³-hybridized carbons (Fsp3) is 0.722. The summed E-state index contributed by atoms with van der Waals surface area (Å²) in [5.74, 6) is 0.925. The lowest BCUT2D eigenvalue weighted by molar-refractivity contribution is -0.135. The molecule has 0 aromatic carbocycles. The Balaban J connectivity index is 1.69. The number of amides is 1. The molecule has 0 spiro atoms. The first-order chi connectivity index (χ1) is 11.3. The van der Waals surface area contributed by atoms with Gasteiger partial charge in [0.2, 0.25) is 5.91 Å². The van der Waals surface area contributed by atoms with Crippen LogP contribution in [0.4, 0.5) is 0 Å². The van der Waals surface area contributed by atoms with Crippen molar-refractivity contribution in [2.45, 2.75) is 64.0 Å². The van der Waals surface area contributed by atoms with Gasteiger partial charge in [0.05, 0.1) is 0 Å². The van der Waals surface area contributed by atoms with E-state index in [0.717, 1.165) is 44.3 Å². The molecule has 1 aliphatic carbocycles. The molecule has 5 heteroatoms. The van der Waals surface area contributed by atoms with Crippen molar-refractivity contribution in [2.75, 3.05) is 13.1 Å². The highest BCUT2D eigenvalue weighted by Gasteiger charge is 2.27. The zero-order valence-electron chi connectivity index (χ0n) is 13.9. The Kier molecular flexibility index (Phi) is 5.97. The number of carbonyl (C=O) groups is 1. The topological polar surface area (TPSA) is 58.1 Å². The maximum Gasteiger partial charge on any atom is 0.223 e. The van der Waals surface area contributed by atoms with Crippen LogP contribution < -0.4 is 5.32 Å². The molecule has 1 aliphatic heterocycles. The number of carbonyl (C=O) groups excluding carboxylic acids is 1. The minimum atomic E-state index is 0.327. The van der Waals surface area contributed by atoms with Crippen LogP contribution in [0, 0.1) is 5.92 Å². The minimum absolute atomic E-state index is 0.327. The standard InChI is InChI=1S/C18H28N4O/c23-18(10-15-4-1-2-5-15)22(13-16-11-20-14-21-12-16)17-6-3-8-19-9-7-17/h11-12,14-15,17,19H,1-10,13H2/t17-/m0/s1. The quantitative estimate of drug-likeness (QED) is 0.907. The zero-order valence-corrected chi connectivity index (χ0v) is 13.9. The van der Waals surface area contributed by atoms with Gasteiger partial charge in [-0.1, -0.05) is 12.8 Å². The van der Waals surface area contributed by atoms with Crippen molar-refractivity contribution in [2.24, 2.45) is 5.92 Å². The summed E-state index contributed by atoms with van der Waals surface area (Å²) < 4.78 is 0. The van der Waals surface area contributed by atoms with E-state index in [9.17, 15) is 4.79 Å². The van der Waals surface area contributed by atoms with Gasteiger partial charge in [0.15, 0.2) is 0 Å². The maximum absolute atomic E-state index is 13.0. The molecule has 2 heterocycles. The van der Waals surface area contributed by atoms with E-state index in [1.54, 1.807) is 6.33 Å². The summed E-state index contributed by atoms with van der Waals surface area (Å²) >= 11 is 0. The molecular formula is C18H28N4O. The predicted octanol–water partition coefficient (Wildman–Crippen LogP) is 2.53. The van der Waals surface area contributed by atoms with Crippen molar-refractivity contribution < 1.29 is 4.79 Å². The van der Waals surface area contributed by atoms with Crippen LogP contribution in [0.1, 0.15) is 56.9 Å². The SMILES string of the molecule is O=C(CC1CCCC1)N(Cc1cncnc1)[C@H]1CCCNCC1. The number of nitrogens with one attached hydrogen (secondary N) is 1. The second kappa shape index (κ2) is 8.39. The lowest BCUT2D eigenvalue weighted by Gasteiger charge is -2.32. The van der Waals surface area contributed by atoms with Crippen molar-refractivity contribution in [3.8, 4) is 0 Å². The monoisotopic (exact) mass is 316 g/mol. The third-order valence-corrected chi connectivity index (χ3v) is 5.21. The summed E-state index contributed by atoms with van der Waals surface area (Å²) in [4.78, 5) is 23.3. The molecule has 3 rings (SSSR count). The van der Waals surface area contributed by atoms with Crippen LogP contribution in [0.5, 0.6) is 0 Å². The summed E-state index contributed by atoms with van der Waals surface area (Å²) in [6.07, 6.45) is 14.2. The lowest BCUT2D eigenvalue weighted by atomic mass is 10.0. The highest BCUT2D eigenvalue weighted by molar-refractivity contribution is 5.76. The molecule has 1 aromatic heterocycles. The first-order valence-electron chi connectivity index (χ1n) is 9.07. The van der Waals surface area contributed by atoms with E-state index in [1.165, 1.54) is 25.7 Å². The second-order valence-electron chi connectivity index (χ2n) is 6.96. The molecule has 1 atom stereocenters. The molecule has 5 nitrogen and oxygen atoms in total. The number of nitrogens with zero attached hydrogens (tertiary/aromatic N) is 3. The average Bonchev–Trinajstić information content (AvgIpc) is 2.93. The van der Waals surface area contributed by atoms with Gasteiger partial charge in [-0.25, -0.2) is 9.97 Å². The molecule has 2 aliphatic rings. The van der Waals surface area contributed by atoms with E-state index < -0.39 is 0 Å². The number of hydrogen-bond acceptors (Lipinski definition) is 4. The molecular weight excluding hydrogens is 288 g/mol. The minimum Gasteiger partial charge on any atom is -0.335 e. The van der Waals surface area contributed by atoms with Gasteiger partial charge in [0, 0.05) is 37.0 Å². The first kappa shape index (κ1) is 16.4. The fourth-order valence-corrected chi connectivity index (χ4v) is 3.92. The van der Waals surface area contributed by atoms with Gasteiger partial charge < -0.3 is 10.2 Å². The predicted molar refractivity (Wildman–Crippen MR) is 89.7 cm³/mol. The highest BCUT2D eigenvalue weighted by Crippen LogP contribution is 2.29. The Morgan fingerprint density at radius 3 is 2.65 bits per heavy atom. The molecule has 1 N–H and O–H groups in total. The summed E-state index contributed by atoms with van der Waals surface area (Å²) in [5, 5.41) is 3.45. The summed E-state index contributed by atoms with van der Waals surface area (Å²) in [5.41, 5.74) is 1.03. The average molecular weight is 316 g/mol. The fourth-order valence-electron chi connectivity index (χ4n) is 3.92. The van der Waals surface area contributed by atoms with Crippen LogP contribution in [-0.4, -0.2) is 39.9 Å². The van der Waals surface area contributed by atoms with Crippen LogP contribution in [0.2, 0.25) is 0 Å². The van der Waals surface area contributed by atoms with Gasteiger partial charge in [-0.15, -0.1) is 0 Å². The largest absolute Gasteiger partial charge is 0.335 e. The Labute approximate surface area is 138 Å². The van der Waals surface area contributed by atoms with E-state index in [2.05, 4.69) is 20.2 Å². The summed E-state index contributed by atoms with van der Waals surface area (Å²) in [6.45, 7) is 2.72. The van der Waals surface area contributed by atoms with Gasteiger partial charge >= 0.3 is 0 Å². The molecule has 1 saturated carbocycles. The van der Waals surface area contributed by atoms with Gasteiger partial charge in [-0.05, 0) is 51.1 Å². The van der Waals surface area contributed by atoms with Gasteiger partial charge in [0.25, 0.3) is 0 Å². The smallest absolute Gasteiger partial charge is 0.223 e. The van der Waals surface area contributed by atoms with E-state index in [1.807, 2.05) is 12.4 Å². The van der Waals surface area contributed by atoms with Gasteiger partial charge in [-0.2, -0.15) is 0 Å². The molecule has 23 heavy (non-hydrogen) atoms. The van der Waals surface area contributed by atoms with Gasteiger partial charge in [-0.3, -0.25) is 4.79 Å². The lowest BCUT2D eigenvalue weighted by Crippen LogP contribution is -2.41. The van der Waals surface area contributed by atoms with E-state index in [-0.39, 0.29) is 0 Å². The van der Waals surface area contributed by atoms with Crippen LogP contribution >= 0.6 is 0 Å². The molecule has 0 unspecified atom stereocenters. The Bertz CT molecular complexity index is 479. The maximum atomic E-state index is 13.0. The highest BCUT2D eigenvalue weighted by atomic mass is 16.2. The van der Waals surface area contributed by atoms with E-state index >= 15 is 0 Å². The van der Waals surface area contributed by atoms with Crippen molar-refractivity contribution in [3.63, 3.8) is 0 Å². The molecule has 2 fully saturated rings. The Morgan fingerprint density at radius 2 is 1.87 bits per heavy atom. The van der Waals surface area contributed by atoms with Crippen molar-refractivity contribution >= 4 is 5.91 Å². The van der Waals surface area contributed by atoms with E-state index in [4.69, 9.17) is 0 Å².